The number of rotatable bonds is 0. The third-order valence-corrected chi connectivity index (χ3v) is 6.34. The lowest BCUT2D eigenvalue weighted by atomic mass is 9.63. The molecule has 0 aromatic heterocycles. The normalized spacial score (nSPS) is 52.6. The highest BCUT2D eigenvalue weighted by Crippen LogP contribution is 2.60. The Balaban J connectivity index is 1.93. The molecule has 3 fully saturated rings. The van der Waals surface area contributed by atoms with Gasteiger partial charge >= 0.3 is 0 Å². The van der Waals surface area contributed by atoms with Crippen LogP contribution in [0.2, 0.25) is 0 Å². The second-order valence-corrected chi connectivity index (χ2v) is 8.34. The maximum absolute atomic E-state index is 12.9. The molecule has 18 heavy (non-hydrogen) atoms. The molecular weight excluding hydrogens is 244 g/mol. The predicted molar refractivity (Wildman–Crippen MR) is 74.8 cm³/mol. The van der Waals surface area contributed by atoms with Gasteiger partial charge in [-0.25, -0.2) is 0 Å². The first kappa shape index (κ1) is 13.0. The van der Waals surface area contributed by atoms with E-state index >= 15 is 0 Å². The summed E-state index contributed by atoms with van der Waals surface area (Å²) in [7, 11) is 0. The van der Waals surface area contributed by atoms with Crippen molar-refractivity contribution in [2.24, 2.45) is 23.2 Å². The molecule has 5 atom stereocenters. The van der Waals surface area contributed by atoms with Crippen LogP contribution in [0.15, 0.2) is 0 Å². The van der Waals surface area contributed by atoms with Crippen LogP contribution in [0.25, 0.3) is 0 Å². The standard InChI is InChI=1S/C16H25ClO/c1-15(17)9-8-13-11-6-4-3-5-7-12(11)14(18)16(13,2)10-15/h11-13H,3-10H2,1-2H3/t11-,12-,13+,15?,16+/m0/s1. The molecule has 102 valence electrons. The van der Waals surface area contributed by atoms with E-state index in [4.69, 9.17) is 11.6 Å². The highest BCUT2D eigenvalue weighted by Gasteiger charge is 2.60. The number of alkyl halides is 1. The minimum Gasteiger partial charge on any atom is -0.299 e. The lowest BCUT2D eigenvalue weighted by molar-refractivity contribution is -0.131. The van der Waals surface area contributed by atoms with Gasteiger partial charge in [-0.15, -0.1) is 11.6 Å². The quantitative estimate of drug-likeness (QED) is 0.588. The number of halogens is 1. The first-order valence-electron chi connectivity index (χ1n) is 7.67. The maximum atomic E-state index is 12.9. The van der Waals surface area contributed by atoms with Gasteiger partial charge in [0.25, 0.3) is 0 Å². The van der Waals surface area contributed by atoms with E-state index in [9.17, 15) is 4.79 Å². The lowest BCUT2D eigenvalue weighted by Gasteiger charge is -2.43. The van der Waals surface area contributed by atoms with Crippen molar-refractivity contribution >= 4 is 17.4 Å². The fraction of sp³-hybridized carbons (Fsp3) is 0.938. The van der Waals surface area contributed by atoms with Crippen molar-refractivity contribution in [2.45, 2.75) is 70.1 Å². The summed E-state index contributed by atoms with van der Waals surface area (Å²) in [6.07, 6.45) is 9.51. The fourth-order valence-electron chi connectivity index (χ4n) is 5.28. The van der Waals surface area contributed by atoms with Gasteiger partial charge in [-0.05, 0) is 50.9 Å². The van der Waals surface area contributed by atoms with Gasteiger partial charge in [0, 0.05) is 16.2 Å². The third-order valence-electron chi connectivity index (χ3n) is 6.02. The minimum absolute atomic E-state index is 0.110. The SMILES string of the molecule is CC1(Cl)CC[C@@H]2[C@H]3CCCCC[C@@H]3C(=O)[C@]2(C)C1. The summed E-state index contributed by atoms with van der Waals surface area (Å²) in [5, 5.41) is 0. The molecule has 0 amide bonds. The number of hydrogen-bond donors (Lipinski definition) is 0. The van der Waals surface area contributed by atoms with E-state index in [1.54, 1.807) is 0 Å². The van der Waals surface area contributed by atoms with Gasteiger partial charge in [-0.1, -0.05) is 26.2 Å². The van der Waals surface area contributed by atoms with E-state index < -0.39 is 0 Å². The third kappa shape index (κ3) is 1.85. The molecule has 3 rings (SSSR count). The number of hydrogen-bond acceptors (Lipinski definition) is 1. The van der Waals surface area contributed by atoms with Crippen LogP contribution in [-0.4, -0.2) is 10.7 Å². The van der Waals surface area contributed by atoms with Crippen molar-refractivity contribution in [3.05, 3.63) is 0 Å². The zero-order chi connectivity index (χ0) is 13.0. The van der Waals surface area contributed by atoms with Gasteiger partial charge in [0.15, 0.2) is 0 Å². The average Bonchev–Trinajstić information content (AvgIpc) is 2.47. The second-order valence-electron chi connectivity index (χ2n) is 7.43. The molecule has 2 heteroatoms. The minimum atomic E-state index is -0.148. The molecule has 0 aromatic carbocycles. The van der Waals surface area contributed by atoms with Crippen molar-refractivity contribution in [3.8, 4) is 0 Å². The summed E-state index contributed by atoms with van der Waals surface area (Å²) in [6, 6.07) is 0. The van der Waals surface area contributed by atoms with Gasteiger partial charge in [0.2, 0.25) is 0 Å². The number of fused-ring (bicyclic) bond motifs is 3. The first-order valence-corrected chi connectivity index (χ1v) is 8.05. The van der Waals surface area contributed by atoms with Crippen LogP contribution in [0.3, 0.4) is 0 Å². The van der Waals surface area contributed by atoms with Crippen molar-refractivity contribution in [2.75, 3.05) is 0 Å². The van der Waals surface area contributed by atoms with Crippen LogP contribution in [0.4, 0.5) is 0 Å². The lowest BCUT2D eigenvalue weighted by Crippen LogP contribution is -2.42. The summed E-state index contributed by atoms with van der Waals surface area (Å²) >= 11 is 6.57. The summed E-state index contributed by atoms with van der Waals surface area (Å²) in [5.41, 5.74) is -0.110. The molecular formula is C16H25ClO. The van der Waals surface area contributed by atoms with Crippen molar-refractivity contribution < 1.29 is 4.79 Å². The van der Waals surface area contributed by atoms with E-state index in [0.717, 1.165) is 19.3 Å². The topological polar surface area (TPSA) is 17.1 Å². The van der Waals surface area contributed by atoms with E-state index in [1.807, 2.05) is 0 Å². The molecule has 0 heterocycles. The van der Waals surface area contributed by atoms with Gasteiger partial charge in [0.05, 0.1) is 0 Å². The van der Waals surface area contributed by atoms with E-state index in [0.29, 0.717) is 23.5 Å². The Bertz CT molecular complexity index is 362. The Kier molecular flexibility index (Phi) is 3.05. The Hall–Kier alpha value is -0.0400. The molecule has 0 radical (unpaired) electrons. The monoisotopic (exact) mass is 268 g/mol. The summed E-state index contributed by atoms with van der Waals surface area (Å²) < 4.78 is 0. The molecule has 0 bridgehead atoms. The van der Waals surface area contributed by atoms with E-state index in [2.05, 4.69) is 13.8 Å². The molecule has 1 unspecified atom stereocenters. The van der Waals surface area contributed by atoms with Crippen LogP contribution in [0.5, 0.6) is 0 Å². The zero-order valence-corrected chi connectivity index (χ0v) is 12.4. The zero-order valence-electron chi connectivity index (χ0n) is 11.7. The molecule has 3 aliphatic rings. The first-order chi connectivity index (χ1) is 8.44. The van der Waals surface area contributed by atoms with Gasteiger partial charge in [0.1, 0.15) is 5.78 Å². The Labute approximate surface area is 116 Å². The van der Waals surface area contributed by atoms with Crippen LogP contribution >= 0.6 is 11.6 Å². The van der Waals surface area contributed by atoms with Crippen molar-refractivity contribution in [3.63, 3.8) is 0 Å². The van der Waals surface area contributed by atoms with Crippen LogP contribution in [0, 0.1) is 23.2 Å². The Morgan fingerprint density at radius 2 is 1.83 bits per heavy atom. The van der Waals surface area contributed by atoms with E-state index in [1.165, 1.54) is 32.1 Å². The number of carbonyl (C=O) groups is 1. The summed E-state index contributed by atoms with van der Waals surface area (Å²) in [4.78, 5) is 12.7. The average molecular weight is 269 g/mol. The predicted octanol–water partition coefficient (Wildman–Crippen LogP) is 4.57. The van der Waals surface area contributed by atoms with Crippen molar-refractivity contribution in [1.82, 2.24) is 0 Å². The van der Waals surface area contributed by atoms with Crippen molar-refractivity contribution in [1.29, 1.82) is 0 Å². The smallest absolute Gasteiger partial charge is 0.142 e. The van der Waals surface area contributed by atoms with Crippen LogP contribution < -0.4 is 0 Å². The number of carbonyl (C=O) groups excluding carboxylic acids is 1. The molecule has 0 aliphatic heterocycles. The molecule has 3 saturated carbocycles. The number of Topliss-reactive ketones (excluding diaryl/α,β-unsaturated/α-hetero) is 1. The molecule has 1 nitrogen and oxygen atoms in total. The van der Waals surface area contributed by atoms with Crippen LogP contribution in [0.1, 0.15) is 65.2 Å². The fourth-order valence-corrected chi connectivity index (χ4v) is 5.67. The molecule has 0 saturated heterocycles. The number of ketones is 1. The maximum Gasteiger partial charge on any atom is 0.142 e. The summed E-state index contributed by atoms with van der Waals surface area (Å²) in [5.74, 6) is 2.23. The largest absolute Gasteiger partial charge is 0.299 e. The highest BCUT2D eigenvalue weighted by molar-refractivity contribution is 6.24. The molecule has 0 aromatic rings. The highest BCUT2D eigenvalue weighted by atomic mass is 35.5. The van der Waals surface area contributed by atoms with Gasteiger partial charge in [-0.3, -0.25) is 4.79 Å². The van der Waals surface area contributed by atoms with Gasteiger partial charge in [-0.2, -0.15) is 0 Å². The molecule has 3 aliphatic carbocycles. The Morgan fingerprint density at radius 1 is 1.11 bits per heavy atom. The van der Waals surface area contributed by atoms with Crippen LogP contribution in [-0.2, 0) is 4.79 Å². The summed E-state index contributed by atoms with van der Waals surface area (Å²) in [6.45, 7) is 4.34. The van der Waals surface area contributed by atoms with Gasteiger partial charge < -0.3 is 0 Å². The second kappa shape index (κ2) is 4.23. The molecule has 0 spiro atoms. The molecule has 0 N–H and O–H groups in total. The van der Waals surface area contributed by atoms with E-state index in [-0.39, 0.29) is 10.3 Å². The Morgan fingerprint density at radius 3 is 2.61 bits per heavy atom.